The molecular weight excluding hydrogens is 436 g/mol. The lowest BCUT2D eigenvalue weighted by molar-refractivity contribution is 0.0600. The van der Waals surface area contributed by atoms with Gasteiger partial charge in [-0.1, -0.05) is 47.2 Å². The van der Waals surface area contributed by atoms with E-state index in [0.717, 1.165) is 53.9 Å². The van der Waals surface area contributed by atoms with Gasteiger partial charge in [-0.3, -0.25) is 0 Å². The molecule has 2 heterocycles. The van der Waals surface area contributed by atoms with E-state index >= 15 is 0 Å². The molecule has 1 aliphatic heterocycles. The number of nitrogens with zero attached hydrogens (tertiary/aromatic N) is 3. The molecule has 4 aromatic rings. The molecule has 0 radical (unpaired) electrons. The molecule has 5 rings (SSSR count). The van der Waals surface area contributed by atoms with Crippen LogP contribution in [-0.2, 0) is 4.74 Å². The maximum absolute atomic E-state index is 12.7. The number of carbonyl (C=O) groups excluding carboxylic acids is 1. The van der Waals surface area contributed by atoms with Crippen molar-refractivity contribution in [3.8, 4) is 28.1 Å². The summed E-state index contributed by atoms with van der Waals surface area (Å²) < 4.78 is 6.85. The van der Waals surface area contributed by atoms with Gasteiger partial charge >= 0.3 is 5.97 Å². The van der Waals surface area contributed by atoms with Gasteiger partial charge in [0.25, 0.3) is 0 Å². The minimum Gasteiger partial charge on any atom is -0.465 e. The Morgan fingerprint density at radius 1 is 0.971 bits per heavy atom. The normalized spacial score (nSPS) is 14.1. The van der Waals surface area contributed by atoms with Crippen molar-refractivity contribution in [3.63, 3.8) is 0 Å². The maximum atomic E-state index is 12.7. The first kappa shape index (κ1) is 23.0. The number of aryl methyl sites for hydroxylation is 1. The molecule has 0 spiro atoms. The molecule has 178 valence electrons. The third kappa shape index (κ3) is 4.75. The quantitative estimate of drug-likeness (QED) is 0.395. The largest absolute Gasteiger partial charge is 0.465 e. The van der Waals surface area contributed by atoms with Gasteiger partial charge in [0.05, 0.1) is 24.6 Å². The Labute approximate surface area is 206 Å². The SMILES string of the molecule is COC(=O)c1cc(-c2cn(-c3ccc(C)cc3)nn2)cc(-c2ccc(C3CCNCC3)cc2)c1C. The standard InChI is InChI=1S/C29H30N4O2/c1-19-4-10-25(11-5-19)33-18-28(31-32-33)24-16-26(20(2)27(17-24)29(34)35-3)23-8-6-21(7-9-23)22-12-14-30-15-13-22/h4-11,16-18,22,30H,12-15H2,1-3H3. The molecule has 1 aliphatic rings. The molecule has 0 saturated carbocycles. The lowest BCUT2D eigenvalue weighted by Gasteiger charge is -2.23. The van der Waals surface area contributed by atoms with Crippen molar-refractivity contribution >= 4 is 5.97 Å². The number of benzene rings is 3. The topological polar surface area (TPSA) is 69.0 Å². The van der Waals surface area contributed by atoms with Crippen molar-refractivity contribution in [1.29, 1.82) is 0 Å². The molecule has 35 heavy (non-hydrogen) atoms. The maximum Gasteiger partial charge on any atom is 0.338 e. The predicted octanol–water partition coefficient (Wildman–Crippen LogP) is 5.47. The Morgan fingerprint density at radius 3 is 2.37 bits per heavy atom. The summed E-state index contributed by atoms with van der Waals surface area (Å²) in [5, 5.41) is 12.2. The van der Waals surface area contributed by atoms with E-state index in [1.807, 2.05) is 43.5 Å². The second-order valence-electron chi connectivity index (χ2n) is 9.22. The number of hydrogen-bond acceptors (Lipinski definition) is 5. The van der Waals surface area contributed by atoms with E-state index in [0.29, 0.717) is 17.2 Å². The fraction of sp³-hybridized carbons (Fsp3) is 0.276. The Hall–Kier alpha value is -3.77. The summed E-state index contributed by atoms with van der Waals surface area (Å²) in [6.07, 6.45) is 4.22. The summed E-state index contributed by atoms with van der Waals surface area (Å²) >= 11 is 0. The van der Waals surface area contributed by atoms with E-state index in [9.17, 15) is 4.79 Å². The van der Waals surface area contributed by atoms with E-state index in [1.165, 1.54) is 18.2 Å². The fourth-order valence-corrected chi connectivity index (χ4v) is 4.79. The minimum atomic E-state index is -0.358. The van der Waals surface area contributed by atoms with E-state index in [1.54, 1.807) is 4.68 Å². The molecule has 0 unspecified atom stereocenters. The predicted molar refractivity (Wildman–Crippen MR) is 138 cm³/mol. The molecule has 1 saturated heterocycles. The molecule has 0 amide bonds. The van der Waals surface area contributed by atoms with E-state index in [2.05, 4.69) is 52.9 Å². The Kier molecular flexibility index (Phi) is 6.47. The molecular formula is C29H30N4O2. The van der Waals surface area contributed by atoms with Gasteiger partial charge in [-0.05, 0) is 92.2 Å². The lowest BCUT2D eigenvalue weighted by atomic mass is 9.88. The number of methoxy groups -OCH3 is 1. The molecule has 6 nitrogen and oxygen atoms in total. The summed E-state index contributed by atoms with van der Waals surface area (Å²) in [5.74, 6) is 0.239. The lowest BCUT2D eigenvalue weighted by Crippen LogP contribution is -2.26. The zero-order valence-electron chi connectivity index (χ0n) is 20.4. The number of nitrogens with one attached hydrogen (secondary N) is 1. The smallest absolute Gasteiger partial charge is 0.338 e. The minimum absolute atomic E-state index is 0.358. The molecule has 1 aromatic heterocycles. The summed E-state index contributed by atoms with van der Waals surface area (Å²) in [6.45, 7) is 6.16. The van der Waals surface area contributed by atoms with Crippen molar-refractivity contribution in [3.05, 3.63) is 89.1 Å². The molecule has 1 N–H and O–H groups in total. The Balaban J connectivity index is 1.54. The highest BCUT2D eigenvalue weighted by atomic mass is 16.5. The number of esters is 1. The highest BCUT2D eigenvalue weighted by Gasteiger charge is 2.19. The highest BCUT2D eigenvalue weighted by molar-refractivity contribution is 5.95. The molecule has 1 fully saturated rings. The van der Waals surface area contributed by atoms with Crippen LogP contribution in [0.1, 0.15) is 45.8 Å². The summed E-state index contributed by atoms with van der Waals surface area (Å²) in [6, 6.07) is 20.8. The van der Waals surface area contributed by atoms with Crippen molar-refractivity contribution in [2.45, 2.75) is 32.6 Å². The highest BCUT2D eigenvalue weighted by Crippen LogP contribution is 2.34. The first-order valence-electron chi connectivity index (χ1n) is 12.1. The van der Waals surface area contributed by atoms with Crippen LogP contribution in [-0.4, -0.2) is 41.2 Å². The second kappa shape index (κ2) is 9.84. The van der Waals surface area contributed by atoms with Crippen molar-refractivity contribution < 1.29 is 9.53 Å². The fourth-order valence-electron chi connectivity index (χ4n) is 4.79. The van der Waals surface area contributed by atoms with Crippen LogP contribution in [0.2, 0.25) is 0 Å². The van der Waals surface area contributed by atoms with Crippen LogP contribution in [0, 0.1) is 13.8 Å². The molecule has 0 bridgehead atoms. The van der Waals surface area contributed by atoms with Gasteiger partial charge in [-0.25, -0.2) is 9.48 Å². The van der Waals surface area contributed by atoms with Crippen LogP contribution in [0.25, 0.3) is 28.1 Å². The zero-order chi connectivity index (χ0) is 24.4. The van der Waals surface area contributed by atoms with Crippen LogP contribution in [0.15, 0.2) is 66.9 Å². The number of aromatic nitrogens is 3. The van der Waals surface area contributed by atoms with Crippen LogP contribution in [0.4, 0.5) is 0 Å². The molecule has 6 heteroatoms. The monoisotopic (exact) mass is 466 g/mol. The van der Waals surface area contributed by atoms with Gasteiger partial charge in [0.15, 0.2) is 0 Å². The van der Waals surface area contributed by atoms with E-state index < -0.39 is 0 Å². The first-order valence-corrected chi connectivity index (χ1v) is 12.1. The number of rotatable bonds is 5. The van der Waals surface area contributed by atoms with Gasteiger partial charge in [0.1, 0.15) is 5.69 Å². The summed E-state index contributed by atoms with van der Waals surface area (Å²) in [4.78, 5) is 12.7. The van der Waals surface area contributed by atoms with Crippen molar-refractivity contribution in [2.75, 3.05) is 20.2 Å². The molecule has 0 atom stereocenters. The zero-order valence-corrected chi connectivity index (χ0v) is 20.4. The van der Waals surface area contributed by atoms with Gasteiger partial charge in [0, 0.05) is 5.56 Å². The third-order valence-electron chi connectivity index (χ3n) is 6.93. The summed E-state index contributed by atoms with van der Waals surface area (Å²) in [7, 11) is 1.41. The molecule has 0 aliphatic carbocycles. The first-order chi connectivity index (χ1) is 17.0. The van der Waals surface area contributed by atoms with Gasteiger partial charge in [0.2, 0.25) is 0 Å². The number of ether oxygens (including phenoxy) is 1. The van der Waals surface area contributed by atoms with Gasteiger partial charge < -0.3 is 10.1 Å². The van der Waals surface area contributed by atoms with E-state index in [-0.39, 0.29) is 5.97 Å². The number of carbonyl (C=O) groups is 1. The van der Waals surface area contributed by atoms with Crippen molar-refractivity contribution in [1.82, 2.24) is 20.3 Å². The van der Waals surface area contributed by atoms with Crippen LogP contribution in [0.3, 0.4) is 0 Å². The van der Waals surface area contributed by atoms with Crippen LogP contribution >= 0.6 is 0 Å². The van der Waals surface area contributed by atoms with Crippen LogP contribution < -0.4 is 5.32 Å². The number of hydrogen-bond donors (Lipinski definition) is 1. The Bertz CT molecular complexity index is 1330. The number of piperidine rings is 1. The summed E-state index contributed by atoms with van der Waals surface area (Å²) in [5.41, 5.74) is 8.50. The van der Waals surface area contributed by atoms with Crippen LogP contribution in [0.5, 0.6) is 0 Å². The van der Waals surface area contributed by atoms with Gasteiger partial charge in [-0.2, -0.15) is 0 Å². The average Bonchev–Trinajstić information content (AvgIpc) is 3.40. The average molecular weight is 467 g/mol. The Morgan fingerprint density at radius 2 is 1.69 bits per heavy atom. The second-order valence-corrected chi connectivity index (χ2v) is 9.22. The van der Waals surface area contributed by atoms with E-state index in [4.69, 9.17) is 4.74 Å². The van der Waals surface area contributed by atoms with Gasteiger partial charge in [-0.15, -0.1) is 5.10 Å². The van der Waals surface area contributed by atoms with Crippen molar-refractivity contribution in [2.24, 2.45) is 0 Å². The third-order valence-corrected chi connectivity index (χ3v) is 6.93. The molecule has 3 aromatic carbocycles.